The predicted molar refractivity (Wildman–Crippen MR) is 128 cm³/mol. The highest BCUT2D eigenvalue weighted by Gasteiger charge is 2.50. The molecule has 168 valence electrons. The summed E-state index contributed by atoms with van der Waals surface area (Å²) in [7, 11) is 0. The summed E-state index contributed by atoms with van der Waals surface area (Å²) in [4.78, 5) is 38.6. The van der Waals surface area contributed by atoms with Crippen LogP contribution in [0.3, 0.4) is 0 Å². The molecular weight excluding hydrogens is 432 g/mol. The second-order valence-electron chi connectivity index (χ2n) is 8.31. The fourth-order valence-electron chi connectivity index (χ4n) is 4.56. The molecule has 1 aliphatic rings. The van der Waals surface area contributed by atoms with Crippen LogP contribution in [0, 0.1) is 10.1 Å². The standard InChI is InChI=1S/C27H20N2O5/c30-25(19-9-6-11-21(15-19)29(33)34)16-27(32)23-13-3-4-14-24(23)28(26(27)31)17-20-10-5-8-18-7-1-2-12-22(18)20/h1-15,32H,16-17H2/t27-/m0/s1. The Morgan fingerprint density at radius 3 is 2.47 bits per heavy atom. The van der Waals surface area contributed by atoms with Gasteiger partial charge in [0.1, 0.15) is 0 Å². The van der Waals surface area contributed by atoms with Crippen molar-refractivity contribution in [1.29, 1.82) is 0 Å². The normalized spacial score (nSPS) is 17.1. The maximum absolute atomic E-state index is 13.6. The lowest BCUT2D eigenvalue weighted by Crippen LogP contribution is -2.41. The largest absolute Gasteiger partial charge is 0.375 e. The van der Waals surface area contributed by atoms with Gasteiger partial charge in [-0.15, -0.1) is 0 Å². The van der Waals surface area contributed by atoms with Gasteiger partial charge in [0.15, 0.2) is 11.4 Å². The van der Waals surface area contributed by atoms with Crippen LogP contribution in [0.2, 0.25) is 0 Å². The third-order valence-electron chi connectivity index (χ3n) is 6.24. The summed E-state index contributed by atoms with van der Waals surface area (Å²) in [5.74, 6) is -1.15. The second-order valence-corrected chi connectivity index (χ2v) is 8.31. The molecule has 0 radical (unpaired) electrons. The molecule has 4 aromatic rings. The van der Waals surface area contributed by atoms with Crippen molar-refractivity contribution in [1.82, 2.24) is 0 Å². The number of amides is 1. The van der Waals surface area contributed by atoms with E-state index in [1.54, 1.807) is 24.3 Å². The van der Waals surface area contributed by atoms with Crippen molar-refractivity contribution < 1.29 is 19.6 Å². The van der Waals surface area contributed by atoms with Gasteiger partial charge < -0.3 is 10.0 Å². The molecule has 5 rings (SSSR count). The number of carbonyl (C=O) groups is 2. The second kappa shape index (κ2) is 8.20. The Balaban J connectivity index is 1.51. The molecule has 0 saturated carbocycles. The van der Waals surface area contributed by atoms with Gasteiger partial charge in [-0.05, 0) is 22.4 Å². The van der Waals surface area contributed by atoms with Crippen LogP contribution in [0.15, 0.2) is 91.0 Å². The first-order chi connectivity index (χ1) is 16.4. The number of nitro benzene ring substituents is 1. The first-order valence-corrected chi connectivity index (χ1v) is 10.8. The maximum atomic E-state index is 13.6. The van der Waals surface area contributed by atoms with E-state index >= 15 is 0 Å². The zero-order valence-electron chi connectivity index (χ0n) is 18.0. The van der Waals surface area contributed by atoms with Gasteiger partial charge in [0.2, 0.25) is 0 Å². The van der Waals surface area contributed by atoms with E-state index in [0.717, 1.165) is 22.4 Å². The average Bonchev–Trinajstić information content (AvgIpc) is 3.06. The van der Waals surface area contributed by atoms with Crippen LogP contribution in [-0.2, 0) is 16.9 Å². The molecule has 1 N–H and O–H groups in total. The Hall–Kier alpha value is -4.36. The Morgan fingerprint density at radius 2 is 1.65 bits per heavy atom. The van der Waals surface area contributed by atoms with Crippen LogP contribution in [0.1, 0.15) is 27.9 Å². The highest BCUT2D eigenvalue weighted by Crippen LogP contribution is 2.44. The van der Waals surface area contributed by atoms with Gasteiger partial charge in [0, 0.05) is 23.3 Å². The van der Waals surface area contributed by atoms with E-state index in [0.29, 0.717) is 11.3 Å². The van der Waals surface area contributed by atoms with Crippen molar-refractivity contribution in [3.63, 3.8) is 0 Å². The van der Waals surface area contributed by atoms with Gasteiger partial charge in [-0.3, -0.25) is 19.7 Å². The summed E-state index contributed by atoms with van der Waals surface area (Å²) in [6.07, 6.45) is -0.518. The lowest BCUT2D eigenvalue weighted by Gasteiger charge is -2.23. The first kappa shape index (κ1) is 21.5. The Labute approximate surface area is 195 Å². The fraction of sp³-hybridized carbons (Fsp3) is 0.111. The average molecular weight is 452 g/mol. The molecule has 1 heterocycles. The molecule has 0 spiro atoms. The van der Waals surface area contributed by atoms with Crippen molar-refractivity contribution >= 4 is 33.8 Å². The van der Waals surface area contributed by atoms with Gasteiger partial charge in [-0.1, -0.05) is 72.8 Å². The summed E-state index contributed by atoms with van der Waals surface area (Å²) in [5, 5.41) is 24.7. The minimum absolute atomic E-state index is 0.0698. The SMILES string of the molecule is O=C(C[C@@]1(O)C(=O)N(Cc2cccc3ccccc23)c2ccccc21)c1cccc([N+](=O)[O-])c1. The molecule has 7 nitrogen and oxygen atoms in total. The molecule has 34 heavy (non-hydrogen) atoms. The number of anilines is 1. The number of carbonyl (C=O) groups excluding carboxylic acids is 2. The van der Waals surface area contributed by atoms with Crippen LogP contribution >= 0.6 is 0 Å². The van der Waals surface area contributed by atoms with Crippen LogP contribution < -0.4 is 4.90 Å². The van der Waals surface area contributed by atoms with E-state index in [1.807, 2.05) is 42.5 Å². The zero-order chi connectivity index (χ0) is 23.9. The van der Waals surface area contributed by atoms with Crippen LogP contribution in [0.4, 0.5) is 11.4 Å². The van der Waals surface area contributed by atoms with Crippen molar-refractivity contribution in [2.24, 2.45) is 0 Å². The molecule has 1 amide bonds. The fourth-order valence-corrected chi connectivity index (χ4v) is 4.56. The van der Waals surface area contributed by atoms with Gasteiger partial charge in [-0.2, -0.15) is 0 Å². The third kappa shape index (κ3) is 3.52. The molecular formula is C27H20N2O5. The molecule has 0 saturated heterocycles. The predicted octanol–water partition coefficient (Wildman–Crippen LogP) is 4.76. The summed E-state index contributed by atoms with van der Waals surface area (Å²) < 4.78 is 0. The lowest BCUT2D eigenvalue weighted by atomic mass is 9.88. The Morgan fingerprint density at radius 1 is 0.941 bits per heavy atom. The highest BCUT2D eigenvalue weighted by atomic mass is 16.6. The number of ketones is 1. The number of nitro groups is 1. The van der Waals surface area contributed by atoms with E-state index < -0.39 is 28.6 Å². The topological polar surface area (TPSA) is 101 Å². The van der Waals surface area contributed by atoms with Crippen LogP contribution in [0.25, 0.3) is 10.8 Å². The number of aliphatic hydroxyl groups is 1. The minimum Gasteiger partial charge on any atom is -0.375 e. The smallest absolute Gasteiger partial charge is 0.270 e. The van der Waals surface area contributed by atoms with E-state index in [1.165, 1.54) is 23.1 Å². The van der Waals surface area contributed by atoms with Gasteiger partial charge >= 0.3 is 0 Å². The van der Waals surface area contributed by atoms with Crippen molar-refractivity contribution in [2.45, 2.75) is 18.6 Å². The number of para-hydroxylation sites is 1. The maximum Gasteiger partial charge on any atom is 0.270 e. The number of hydrogen-bond donors (Lipinski definition) is 1. The van der Waals surface area contributed by atoms with E-state index in [4.69, 9.17) is 0 Å². The Bertz CT molecular complexity index is 1460. The van der Waals surface area contributed by atoms with E-state index in [9.17, 15) is 24.8 Å². The molecule has 0 aromatic heterocycles. The number of hydrogen-bond acceptors (Lipinski definition) is 5. The highest BCUT2D eigenvalue weighted by molar-refractivity contribution is 6.11. The summed E-state index contributed by atoms with van der Waals surface area (Å²) in [6.45, 7) is 0.227. The Kier molecular flexibility index (Phi) is 5.18. The first-order valence-electron chi connectivity index (χ1n) is 10.8. The number of non-ortho nitro benzene ring substituents is 1. The van der Waals surface area contributed by atoms with Gasteiger partial charge in [0.25, 0.3) is 11.6 Å². The van der Waals surface area contributed by atoms with Crippen molar-refractivity contribution in [2.75, 3.05) is 4.90 Å². The van der Waals surface area contributed by atoms with Crippen LogP contribution in [0.5, 0.6) is 0 Å². The lowest BCUT2D eigenvalue weighted by molar-refractivity contribution is -0.384. The molecule has 0 aliphatic carbocycles. The molecule has 4 aromatic carbocycles. The molecule has 1 atom stereocenters. The molecule has 0 unspecified atom stereocenters. The van der Waals surface area contributed by atoms with Crippen LogP contribution in [-0.4, -0.2) is 21.7 Å². The summed E-state index contributed by atoms with van der Waals surface area (Å²) in [5.41, 5.74) is -0.429. The van der Waals surface area contributed by atoms with E-state index in [-0.39, 0.29) is 17.8 Å². The quantitative estimate of drug-likeness (QED) is 0.258. The number of fused-ring (bicyclic) bond motifs is 2. The number of rotatable bonds is 6. The van der Waals surface area contributed by atoms with Gasteiger partial charge in [0.05, 0.1) is 23.6 Å². The van der Waals surface area contributed by atoms with E-state index in [2.05, 4.69) is 0 Å². The van der Waals surface area contributed by atoms with Gasteiger partial charge in [-0.25, -0.2) is 0 Å². The third-order valence-corrected chi connectivity index (χ3v) is 6.24. The van der Waals surface area contributed by atoms with Crippen molar-refractivity contribution in [3.8, 4) is 0 Å². The molecule has 7 heteroatoms. The minimum atomic E-state index is -2.07. The summed E-state index contributed by atoms with van der Waals surface area (Å²) in [6, 6.07) is 25.8. The summed E-state index contributed by atoms with van der Waals surface area (Å²) >= 11 is 0. The zero-order valence-corrected chi connectivity index (χ0v) is 18.0. The number of nitrogens with zero attached hydrogens (tertiary/aromatic N) is 2. The monoisotopic (exact) mass is 452 g/mol. The molecule has 0 bridgehead atoms. The number of Topliss-reactive ketones (excluding diaryl/α,β-unsaturated/α-hetero) is 1. The number of benzene rings is 4. The molecule has 1 aliphatic heterocycles. The molecule has 0 fully saturated rings. The van der Waals surface area contributed by atoms with Crippen molar-refractivity contribution in [3.05, 3.63) is 118 Å².